The summed E-state index contributed by atoms with van der Waals surface area (Å²) in [6, 6.07) is 0. The molecule has 0 aliphatic carbocycles. The normalized spacial score (nSPS) is 26.8. The van der Waals surface area contributed by atoms with Crippen LogP contribution in [-0.2, 0) is 33.3 Å². The molecule has 154 valence electrons. The fraction of sp³-hybridized carbons (Fsp3) is 0.692. The second-order valence-electron chi connectivity index (χ2n) is 5.79. The summed E-state index contributed by atoms with van der Waals surface area (Å²) in [5.41, 5.74) is 0. The maximum atomic E-state index is 12.5. The van der Waals surface area contributed by atoms with Gasteiger partial charge in [-0.1, -0.05) is 0 Å². The Hall–Kier alpha value is -2.06. The van der Waals surface area contributed by atoms with Crippen molar-refractivity contribution in [3.63, 3.8) is 0 Å². The van der Waals surface area contributed by atoms with Crippen LogP contribution in [-0.4, -0.2) is 60.3 Å². The molecule has 0 aromatic heterocycles. The summed E-state index contributed by atoms with van der Waals surface area (Å²) in [5, 5.41) is 8.90. The Kier molecular flexibility index (Phi) is 5.38. The van der Waals surface area contributed by atoms with Gasteiger partial charge in [0.2, 0.25) is 5.76 Å². The number of hydrogen-bond acceptors (Lipinski definition) is 8. The number of esters is 2. The van der Waals surface area contributed by atoms with Crippen molar-refractivity contribution >= 4 is 11.9 Å². The van der Waals surface area contributed by atoms with Crippen molar-refractivity contribution in [2.75, 3.05) is 6.61 Å². The molecule has 1 fully saturated rings. The van der Waals surface area contributed by atoms with Crippen LogP contribution in [0.1, 0.15) is 13.8 Å². The molecule has 0 aromatic rings. The molecule has 0 spiro atoms. The highest BCUT2D eigenvalue weighted by atomic mass is 19.4. The number of rotatable bonds is 4. The summed E-state index contributed by atoms with van der Waals surface area (Å²) < 4.78 is 97.6. The Morgan fingerprint density at radius 2 is 1.85 bits per heavy atom. The number of aliphatic hydroxyl groups is 1. The van der Waals surface area contributed by atoms with E-state index in [4.69, 9.17) is 14.6 Å². The summed E-state index contributed by atoms with van der Waals surface area (Å²) in [6.45, 7) is 2.45. The molecule has 0 amide bonds. The van der Waals surface area contributed by atoms with Crippen LogP contribution in [0.15, 0.2) is 11.5 Å². The van der Waals surface area contributed by atoms with E-state index in [0.29, 0.717) is 0 Å². The average Bonchev–Trinajstić information content (AvgIpc) is 2.98. The van der Waals surface area contributed by atoms with Gasteiger partial charge in [-0.3, -0.25) is 0 Å². The maximum absolute atomic E-state index is 12.5. The van der Waals surface area contributed by atoms with E-state index >= 15 is 0 Å². The van der Waals surface area contributed by atoms with Gasteiger partial charge in [0.1, 0.15) is 6.10 Å². The molecule has 0 radical (unpaired) electrons. The zero-order valence-corrected chi connectivity index (χ0v) is 13.5. The monoisotopic (exact) mass is 410 g/mol. The Morgan fingerprint density at radius 3 is 2.30 bits per heavy atom. The van der Waals surface area contributed by atoms with E-state index in [1.54, 1.807) is 0 Å². The molecule has 2 aliphatic rings. The van der Waals surface area contributed by atoms with Crippen LogP contribution in [0.3, 0.4) is 0 Å². The molecule has 2 rings (SSSR count). The summed E-state index contributed by atoms with van der Waals surface area (Å²) in [6.07, 6.45) is -17.7. The molecule has 3 atom stereocenters. The lowest BCUT2D eigenvalue weighted by Crippen LogP contribution is -2.36. The standard InChI is InChI=1S/C13H12F6O8/c1-11(2)23-3-4(27-11)5-6(25-9(21)12(14,15)16)7(8(20)24-5)26-10(22)13(17,18)19/h4-5,10,22H,3H2,1-2H3. The number of alkyl halides is 6. The first-order valence-corrected chi connectivity index (χ1v) is 7.09. The highest BCUT2D eigenvalue weighted by molar-refractivity contribution is 5.91. The predicted molar refractivity (Wildman–Crippen MR) is 67.1 cm³/mol. The second kappa shape index (κ2) is 6.83. The van der Waals surface area contributed by atoms with Crippen LogP contribution >= 0.6 is 0 Å². The van der Waals surface area contributed by atoms with Crippen molar-refractivity contribution in [2.45, 2.75) is 50.5 Å². The molecule has 2 aliphatic heterocycles. The minimum Gasteiger partial charge on any atom is -0.445 e. The third kappa shape index (κ3) is 4.81. The second-order valence-corrected chi connectivity index (χ2v) is 5.79. The van der Waals surface area contributed by atoms with Crippen molar-refractivity contribution in [2.24, 2.45) is 0 Å². The topological polar surface area (TPSA) is 101 Å². The summed E-state index contributed by atoms with van der Waals surface area (Å²) >= 11 is 0. The number of ether oxygens (including phenoxy) is 5. The van der Waals surface area contributed by atoms with E-state index in [-0.39, 0.29) is 6.61 Å². The van der Waals surface area contributed by atoms with Gasteiger partial charge in [0, 0.05) is 0 Å². The zero-order chi connectivity index (χ0) is 20.8. The maximum Gasteiger partial charge on any atom is 0.491 e. The summed E-state index contributed by atoms with van der Waals surface area (Å²) in [4.78, 5) is 22.8. The van der Waals surface area contributed by atoms with E-state index in [9.17, 15) is 35.9 Å². The Labute approximate surface area is 146 Å². The van der Waals surface area contributed by atoms with Crippen molar-refractivity contribution in [3.8, 4) is 0 Å². The molecular weight excluding hydrogens is 398 g/mol. The zero-order valence-electron chi connectivity index (χ0n) is 13.5. The summed E-state index contributed by atoms with van der Waals surface area (Å²) in [5.74, 6) is -8.67. The van der Waals surface area contributed by atoms with Crippen molar-refractivity contribution in [1.82, 2.24) is 0 Å². The van der Waals surface area contributed by atoms with E-state index < -0.39 is 60.1 Å². The molecule has 3 unspecified atom stereocenters. The largest absolute Gasteiger partial charge is 0.491 e. The van der Waals surface area contributed by atoms with Gasteiger partial charge < -0.3 is 28.8 Å². The van der Waals surface area contributed by atoms with Crippen LogP contribution in [0.5, 0.6) is 0 Å². The Bertz CT molecular complexity index is 652. The summed E-state index contributed by atoms with van der Waals surface area (Å²) in [7, 11) is 0. The van der Waals surface area contributed by atoms with Gasteiger partial charge in [0.15, 0.2) is 11.9 Å². The highest BCUT2D eigenvalue weighted by Crippen LogP contribution is 2.36. The fourth-order valence-electron chi connectivity index (χ4n) is 2.11. The van der Waals surface area contributed by atoms with E-state index in [1.165, 1.54) is 13.8 Å². The number of hydrogen-bond donors (Lipinski definition) is 1. The van der Waals surface area contributed by atoms with E-state index in [0.717, 1.165) is 0 Å². The predicted octanol–water partition coefficient (Wildman–Crippen LogP) is 1.28. The molecule has 0 aromatic carbocycles. The molecule has 8 nitrogen and oxygen atoms in total. The number of aliphatic hydroxyl groups excluding tert-OH is 1. The molecule has 1 N–H and O–H groups in total. The van der Waals surface area contributed by atoms with Gasteiger partial charge in [-0.2, -0.15) is 26.3 Å². The lowest BCUT2D eigenvalue weighted by molar-refractivity contribution is -0.282. The van der Waals surface area contributed by atoms with Gasteiger partial charge >= 0.3 is 24.3 Å². The first-order valence-electron chi connectivity index (χ1n) is 7.09. The highest BCUT2D eigenvalue weighted by Gasteiger charge is 2.53. The molecule has 0 bridgehead atoms. The van der Waals surface area contributed by atoms with E-state index in [1.807, 2.05) is 0 Å². The minimum absolute atomic E-state index is 0.354. The Balaban J connectivity index is 2.36. The molecule has 1 saturated heterocycles. The van der Waals surface area contributed by atoms with Gasteiger partial charge in [0.25, 0.3) is 12.0 Å². The van der Waals surface area contributed by atoms with Crippen LogP contribution in [0.4, 0.5) is 26.3 Å². The SMILES string of the molecule is CC1(C)OCC(C2OC(=O)C(OC(O)C(F)(F)F)=C2OC(=O)C(F)(F)F)O1. The Morgan fingerprint density at radius 1 is 1.26 bits per heavy atom. The average molecular weight is 410 g/mol. The van der Waals surface area contributed by atoms with E-state index in [2.05, 4.69) is 14.2 Å². The first-order chi connectivity index (χ1) is 12.1. The quantitative estimate of drug-likeness (QED) is 0.420. The smallest absolute Gasteiger partial charge is 0.445 e. The van der Waals surface area contributed by atoms with Crippen molar-refractivity contribution < 1.29 is 64.7 Å². The van der Waals surface area contributed by atoms with Crippen LogP contribution < -0.4 is 0 Å². The fourth-order valence-corrected chi connectivity index (χ4v) is 2.11. The lowest BCUT2D eigenvalue weighted by Gasteiger charge is -2.21. The third-order valence-corrected chi connectivity index (χ3v) is 3.21. The van der Waals surface area contributed by atoms with Crippen LogP contribution in [0, 0.1) is 0 Å². The molecule has 0 saturated carbocycles. The van der Waals surface area contributed by atoms with Gasteiger partial charge in [-0.05, 0) is 13.8 Å². The van der Waals surface area contributed by atoms with Crippen LogP contribution in [0.25, 0.3) is 0 Å². The number of carbonyl (C=O) groups is 2. The number of cyclic esters (lactones) is 1. The van der Waals surface area contributed by atoms with Crippen LogP contribution in [0.2, 0.25) is 0 Å². The van der Waals surface area contributed by atoms with Crippen molar-refractivity contribution in [1.29, 1.82) is 0 Å². The van der Waals surface area contributed by atoms with Gasteiger partial charge in [-0.25, -0.2) is 9.59 Å². The molecule has 2 heterocycles. The first kappa shape index (κ1) is 21.2. The molecule has 27 heavy (non-hydrogen) atoms. The van der Waals surface area contributed by atoms with Gasteiger partial charge in [0.05, 0.1) is 6.61 Å². The molecular formula is C13H12F6O8. The number of carbonyl (C=O) groups excluding carboxylic acids is 2. The van der Waals surface area contributed by atoms with Crippen molar-refractivity contribution in [3.05, 3.63) is 11.5 Å². The molecule has 14 heteroatoms. The number of halogens is 6. The third-order valence-electron chi connectivity index (χ3n) is 3.21. The lowest BCUT2D eigenvalue weighted by atomic mass is 10.2. The van der Waals surface area contributed by atoms with Gasteiger partial charge in [-0.15, -0.1) is 0 Å². The minimum atomic E-state index is -5.54.